The van der Waals surface area contributed by atoms with Crippen LogP contribution in [0.15, 0.2) is 73.3 Å². The summed E-state index contributed by atoms with van der Waals surface area (Å²) in [7, 11) is 0. The number of hydrogen-bond donors (Lipinski definition) is 1. The monoisotopic (exact) mass is 574 g/mol. The van der Waals surface area contributed by atoms with Crippen LogP contribution in [0.1, 0.15) is 45.0 Å². The van der Waals surface area contributed by atoms with Gasteiger partial charge in [0.05, 0.1) is 23.9 Å². The fraction of sp³-hybridized carbons (Fsp3) is 0.226. The van der Waals surface area contributed by atoms with Gasteiger partial charge in [-0.1, -0.05) is 48.8 Å². The highest BCUT2D eigenvalue weighted by molar-refractivity contribution is 7.17. The quantitative estimate of drug-likeness (QED) is 0.102. The number of anilines is 1. The maximum Gasteiger partial charge on any atom is 0.350 e. The van der Waals surface area contributed by atoms with Crippen molar-refractivity contribution >= 4 is 39.9 Å². The minimum Gasteiger partial charge on any atom is -0.507 e. The number of thiazole rings is 1. The van der Waals surface area contributed by atoms with E-state index in [0.29, 0.717) is 41.5 Å². The fourth-order valence-electron chi connectivity index (χ4n) is 4.39. The van der Waals surface area contributed by atoms with Crippen LogP contribution in [0.3, 0.4) is 0 Å². The fourth-order valence-corrected chi connectivity index (χ4v) is 5.38. The Balaban J connectivity index is 1.86. The highest BCUT2D eigenvalue weighted by Crippen LogP contribution is 2.44. The second kappa shape index (κ2) is 12.6. The van der Waals surface area contributed by atoms with Gasteiger partial charge >= 0.3 is 11.9 Å². The standard InChI is InChI=1S/C31H30N2O7S/c1-6-15-39-22-12-9-20(10-13-22)25-24(26(34)21-11-14-23(38-8-3)18(4)17-21)27(35)29(36)33(25)31-32-19(5)28(41-31)30(37)40-16-7-2/h6-7,9-14,17,25,34H,1-2,8,15-16H2,3-5H3/t25-/m0/s1. The van der Waals surface area contributed by atoms with Crippen molar-refractivity contribution in [1.82, 2.24) is 4.98 Å². The molecule has 0 saturated carbocycles. The summed E-state index contributed by atoms with van der Waals surface area (Å²) < 4.78 is 16.3. The number of hydrogen-bond acceptors (Lipinski definition) is 9. The van der Waals surface area contributed by atoms with Gasteiger partial charge in [-0.15, -0.1) is 0 Å². The first kappa shape index (κ1) is 29.3. The number of nitrogens with zero attached hydrogens (tertiary/aromatic N) is 2. The molecule has 0 unspecified atom stereocenters. The third-order valence-electron chi connectivity index (χ3n) is 6.27. The highest BCUT2D eigenvalue weighted by atomic mass is 32.1. The van der Waals surface area contributed by atoms with E-state index in [1.807, 2.05) is 13.8 Å². The minimum atomic E-state index is -1.03. The number of aromatic nitrogens is 1. The lowest BCUT2D eigenvalue weighted by Crippen LogP contribution is -2.29. The SMILES string of the molecule is C=CCOC(=O)c1sc(N2C(=O)C(=O)C(=C(O)c3ccc(OCC)c(C)c3)[C@@H]2c2ccc(OCC=C)cc2)nc1C. The summed E-state index contributed by atoms with van der Waals surface area (Å²) in [6.45, 7) is 13.3. The molecule has 3 aromatic rings. The molecule has 1 aromatic heterocycles. The number of benzene rings is 2. The highest BCUT2D eigenvalue weighted by Gasteiger charge is 2.48. The first-order valence-electron chi connectivity index (χ1n) is 12.9. The van der Waals surface area contributed by atoms with Gasteiger partial charge < -0.3 is 19.3 Å². The zero-order chi connectivity index (χ0) is 29.7. The summed E-state index contributed by atoms with van der Waals surface area (Å²) in [5, 5.41) is 11.6. The van der Waals surface area contributed by atoms with Crippen LogP contribution in [0.5, 0.6) is 11.5 Å². The van der Waals surface area contributed by atoms with Gasteiger partial charge in [0.2, 0.25) is 0 Å². The van der Waals surface area contributed by atoms with E-state index in [4.69, 9.17) is 14.2 Å². The first-order valence-corrected chi connectivity index (χ1v) is 13.7. The van der Waals surface area contributed by atoms with Crippen LogP contribution < -0.4 is 14.4 Å². The maximum absolute atomic E-state index is 13.5. The molecule has 1 fully saturated rings. The van der Waals surface area contributed by atoms with Crippen LogP contribution in [-0.2, 0) is 14.3 Å². The number of esters is 1. The van der Waals surface area contributed by atoms with Gasteiger partial charge in [0.25, 0.3) is 5.78 Å². The van der Waals surface area contributed by atoms with Gasteiger partial charge in [0.15, 0.2) is 5.13 Å². The summed E-state index contributed by atoms with van der Waals surface area (Å²) in [6.07, 6.45) is 3.06. The van der Waals surface area contributed by atoms with Gasteiger partial charge in [0.1, 0.15) is 35.3 Å². The van der Waals surface area contributed by atoms with Gasteiger partial charge in [-0.25, -0.2) is 9.78 Å². The normalized spacial score (nSPS) is 16.0. The van der Waals surface area contributed by atoms with Crippen LogP contribution in [-0.4, -0.2) is 47.6 Å². The first-order chi connectivity index (χ1) is 19.7. The molecule has 2 aromatic carbocycles. The third kappa shape index (κ3) is 5.92. The van der Waals surface area contributed by atoms with Gasteiger partial charge in [0, 0.05) is 5.56 Å². The molecule has 1 atom stereocenters. The molecule has 2 heterocycles. The van der Waals surface area contributed by atoms with Crippen molar-refractivity contribution in [2.75, 3.05) is 24.7 Å². The zero-order valence-electron chi connectivity index (χ0n) is 23.0. The van der Waals surface area contributed by atoms with Gasteiger partial charge in [-0.05, 0) is 62.2 Å². The van der Waals surface area contributed by atoms with Crippen molar-refractivity contribution in [2.24, 2.45) is 0 Å². The van der Waals surface area contributed by atoms with Crippen LogP contribution in [0, 0.1) is 13.8 Å². The number of aliphatic hydroxyl groups excluding tert-OH is 1. The van der Waals surface area contributed by atoms with Crippen molar-refractivity contribution < 1.29 is 33.7 Å². The van der Waals surface area contributed by atoms with E-state index in [0.717, 1.165) is 16.9 Å². The second-order valence-corrected chi connectivity index (χ2v) is 10.0. The molecular weight excluding hydrogens is 544 g/mol. The summed E-state index contributed by atoms with van der Waals surface area (Å²) >= 11 is 0.930. The van der Waals surface area contributed by atoms with Crippen molar-refractivity contribution in [3.8, 4) is 11.5 Å². The Hall–Kier alpha value is -4.70. The third-order valence-corrected chi connectivity index (χ3v) is 7.40. The Kier molecular flexibility index (Phi) is 9.04. The number of ether oxygens (including phenoxy) is 3. The number of aryl methyl sites for hydroxylation is 2. The average Bonchev–Trinajstić information content (AvgIpc) is 3.47. The summed E-state index contributed by atoms with van der Waals surface area (Å²) in [4.78, 5) is 45.5. The molecule has 9 nitrogen and oxygen atoms in total. The smallest absolute Gasteiger partial charge is 0.350 e. The van der Waals surface area contributed by atoms with Crippen molar-refractivity contribution in [3.63, 3.8) is 0 Å². The molecule has 1 aliphatic heterocycles. The van der Waals surface area contributed by atoms with E-state index in [-0.39, 0.29) is 27.9 Å². The summed E-state index contributed by atoms with van der Waals surface area (Å²) in [5.41, 5.74) is 1.87. The van der Waals surface area contributed by atoms with E-state index >= 15 is 0 Å². The summed E-state index contributed by atoms with van der Waals surface area (Å²) in [6, 6.07) is 10.8. The molecule has 1 N–H and O–H groups in total. The van der Waals surface area contributed by atoms with Crippen molar-refractivity contribution in [3.05, 3.63) is 101 Å². The van der Waals surface area contributed by atoms with E-state index in [2.05, 4.69) is 18.1 Å². The minimum absolute atomic E-state index is 0.0117. The Morgan fingerprint density at radius 3 is 2.41 bits per heavy atom. The van der Waals surface area contributed by atoms with Gasteiger partial charge in [-0.2, -0.15) is 0 Å². The predicted molar refractivity (Wildman–Crippen MR) is 157 cm³/mol. The van der Waals surface area contributed by atoms with Crippen LogP contribution >= 0.6 is 11.3 Å². The molecule has 0 radical (unpaired) electrons. The van der Waals surface area contributed by atoms with E-state index in [1.54, 1.807) is 55.5 Å². The molecule has 0 aliphatic carbocycles. The Labute approximate surface area is 242 Å². The molecule has 1 aliphatic rings. The Morgan fingerprint density at radius 1 is 1.07 bits per heavy atom. The van der Waals surface area contributed by atoms with E-state index < -0.39 is 23.7 Å². The van der Waals surface area contributed by atoms with Crippen molar-refractivity contribution in [1.29, 1.82) is 0 Å². The molecule has 10 heteroatoms. The molecule has 41 heavy (non-hydrogen) atoms. The molecule has 1 amide bonds. The van der Waals surface area contributed by atoms with E-state index in [9.17, 15) is 19.5 Å². The Bertz CT molecular complexity index is 1540. The molecule has 0 spiro atoms. The molecule has 1 saturated heterocycles. The number of ketones is 1. The predicted octanol–water partition coefficient (Wildman–Crippen LogP) is 5.69. The topological polar surface area (TPSA) is 115 Å². The molecule has 0 bridgehead atoms. The van der Waals surface area contributed by atoms with Crippen LogP contribution in [0.25, 0.3) is 5.76 Å². The number of amides is 1. The van der Waals surface area contributed by atoms with Crippen LogP contribution in [0.2, 0.25) is 0 Å². The van der Waals surface area contributed by atoms with Gasteiger partial charge in [-0.3, -0.25) is 14.5 Å². The number of Topliss-reactive ketones (excluding diaryl/α,β-unsaturated/α-hetero) is 1. The zero-order valence-corrected chi connectivity index (χ0v) is 23.8. The number of aliphatic hydroxyl groups is 1. The molecule has 4 rings (SSSR count). The largest absolute Gasteiger partial charge is 0.507 e. The maximum atomic E-state index is 13.5. The Morgan fingerprint density at radius 2 is 1.78 bits per heavy atom. The second-order valence-electron chi connectivity index (χ2n) is 9.05. The summed E-state index contributed by atoms with van der Waals surface area (Å²) in [5.74, 6) is -1.52. The molecule has 212 valence electrons. The van der Waals surface area contributed by atoms with E-state index in [1.165, 1.54) is 11.0 Å². The van der Waals surface area contributed by atoms with Crippen LogP contribution in [0.4, 0.5) is 5.13 Å². The number of carbonyl (C=O) groups is 3. The molecular formula is C31H30N2O7S. The number of rotatable bonds is 11. The lowest BCUT2D eigenvalue weighted by Gasteiger charge is -2.23. The average molecular weight is 575 g/mol. The van der Waals surface area contributed by atoms with Crippen molar-refractivity contribution in [2.45, 2.75) is 26.8 Å². The lowest BCUT2D eigenvalue weighted by molar-refractivity contribution is -0.132. The number of carbonyl (C=O) groups excluding carboxylic acids is 3. The lowest BCUT2D eigenvalue weighted by atomic mass is 9.95.